The Hall–Kier alpha value is -1.19. The van der Waals surface area contributed by atoms with E-state index in [1.165, 1.54) is 12.1 Å². The normalized spacial score (nSPS) is 10.4. The van der Waals surface area contributed by atoms with Gasteiger partial charge in [0.2, 0.25) is 0 Å². The Kier molecular flexibility index (Phi) is 3.83. The van der Waals surface area contributed by atoms with Crippen LogP contribution in [-0.4, -0.2) is 5.78 Å². The maximum atomic E-state index is 13.7. The molecule has 2 rings (SSSR count). The first-order valence-electron chi connectivity index (χ1n) is 5.25. The van der Waals surface area contributed by atoms with Crippen molar-refractivity contribution in [2.45, 2.75) is 6.92 Å². The van der Waals surface area contributed by atoms with E-state index in [2.05, 4.69) is 15.9 Å². The maximum absolute atomic E-state index is 13.7. The van der Waals surface area contributed by atoms with Crippen LogP contribution in [0.15, 0.2) is 40.9 Å². The predicted octanol–water partition coefficient (Wildman–Crippen LogP) is 4.78. The molecule has 92 valence electrons. The molecule has 0 amide bonds. The zero-order chi connectivity index (χ0) is 13.3. The molecule has 0 aliphatic rings. The zero-order valence-corrected chi connectivity index (χ0v) is 11.8. The summed E-state index contributed by atoms with van der Waals surface area (Å²) in [6, 6.07) is 9.35. The molecule has 2 aromatic carbocycles. The van der Waals surface area contributed by atoms with Crippen molar-refractivity contribution >= 4 is 33.3 Å². The molecular weight excluding hydrogens is 319 g/mol. The van der Waals surface area contributed by atoms with Crippen molar-refractivity contribution in [2.24, 2.45) is 0 Å². The number of hydrogen-bond donors (Lipinski definition) is 0. The summed E-state index contributed by atoms with van der Waals surface area (Å²) >= 11 is 9.23. The Morgan fingerprint density at radius 2 is 1.89 bits per heavy atom. The van der Waals surface area contributed by atoms with E-state index in [1.54, 1.807) is 31.2 Å². The maximum Gasteiger partial charge on any atom is 0.197 e. The van der Waals surface area contributed by atoms with Gasteiger partial charge < -0.3 is 0 Å². The van der Waals surface area contributed by atoms with Gasteiger partial charge in [-0.2, -0.15) is 0 Å². The third-order valence-corrected chi connectivity index (χ3v) is 3.36. The summed E-state index contributed by atoms with van der Waals surface area (Å²) < 4.78 is 14.4. The number of carbonyl (C=O) groups is 1. The largest absolute Gasteiger partial charge is 0.288 e. The lowest BCUT2D eigenvalue weighted by Crippen LogP contribution is -2.05. The van der Waals surface area contributed by atoms with Gasteiger partial charge in [-0.1, -0.05) is 39.2 Å². The van der Waals surface area contributed by atoms with Crippen molar-refractivity contribution in [3.05, 3.63) is 68.4 Å². The summed E-state index contributed by atoms with van der Waals surface area (Å²) in [4.78, 5) is 12.2. The Labute approximate surface area is 118 Å². The second-order valence-electron chi connectivity index (χ2n) is 3.94. The molecule has 0 fully saturated rings. The topological polar surface area (TPSA) is 17.1 Å². The molecule has 0 spiro atoms. The SMILES string of the molecule is Cc1ccc(F)c(C(=O)c2cc(Br)ccc2Cl)c1. The van der Waals surface area contributed by atoms with Crippen molar-refractivity contribution in [3.8, 4) is 0 Å². The van der Waals surface area contributed by atoms with Crippen LogP contribution in [0.25, 0.3) is 0 Å². The first-order valence-corrected chi connectivity index (χ1v) is 6.42. The third-order valence-electron chi connectivity index (χ3n) is 2.54. The van der Waals surface area contributed by atoms with Crippen LogP contribution in [0.5, 0.6) is 0 Å². The van der Waals surface area contributed by atoms with E-state index in [9.17, 15) is 9.18 Å². The highest BCUT2D eigenvalue weighted by atomic mass is 79.9. The minimum atomic E-state index is -0.540. The van der Waals surface area contributed by atoms with Gasteiger partial charge in [0.1, 0.15) is 5.82 Å². The van der Waals surface area contributed by atoms with Crippen LogP contribution in [0.1, 0.15) is 21.5 Å². The van der Waals surface area contributed by atoms with Crippen LogP contribution < -0.4 is 0 Å². The molecule has 0 aliphatic heterocycles. The van der Waals surface area contributed by atoms with E-state index in [-0.39, 0.29) is 11.1 Å². The van der Waals surface area contributed by atoms with Crippen LogP contribution in [0.2, 0.25) is 5.02 Å². The van der Waals surface area contributed by atoms with Gasteiger partial charge in [0, 0.05) is 10.0 Å². The fraction of sp³-hybridized carbons (Fsp3) is 0.0714. The van der Waals surface area contributed by atoms with E-state index in [1.807, 2.05) is 0 Å². The van der Waals surface area contributed by atoms with Gasteiger partial charge in [-0.25, -0.2) is 4.39 Å². The van der Waals surface area contributed by atoms with Crippen molar-refractivity contribution < 1.29 is 9.18 Å². The summed E-state index contributed by atoms with van der Waals surface area (Å²) in [6.45, 7) is 1.80. The van der Waals surface area contributed by atoms with Gasteiger partial charge in [0.25, 0.3) is 0 Å². The van der Waals surface area contributed by atoms with Crippen molar-refractivity contribution in [1.29, 1.82) is 0 Å². The van der Waals surface area contributed by atoms with Crippen LogP contribution in [0, 0.1) is 12.7 Å². The Morgan fingerprint density at radius 1 is 1.17 bits per heavy atom. The average molecular weight is 328 g/mol. The Balaban J connectivity index is 2.54. The van der Waals surface area contributed by atoms with Crippen molar-refractivity contribution in [3.63, 3.8) is 0 Å². The van der Waals surface area contributed by atoms with Crippen LogP contribution in [-0.2, 0) is 0 Å². The minimum absolute atomic E-state index is 0.0370. The van der Waals surface area contributed by atoms with Crippen LogP contribution in [0.3, 0.4) is 0 Å². The highest BCUT2D eigenvalue weighted by Gasteiger charge is 2.17. The molecule has 0 saturated carbocycles. The second-order valence-corrected chi connectivity index (χ2v) is 5.26. The van der Waals surface area contributed by atoms with Gasteiger partial charge in [-0.3, -0.25) is 4.79 Å². The van der Waals surface area contributed by atoms with E-state index in [0.29, 0.717) is 5.02 Å². The molecule has 0 unspecified atom stereocenters. The smallest absolute Gasteiger partial charge is 0.197 e. The molecule has 0 aromatic heterocycles. The monoisotopic (exact) mass is 326 g/mol. The summed E-state index contributed by atoms with van der Waals surface area (Å²) in [5.41, 5.74) is 1.15. The first-order chi connectivity index (χ1) is 8.49. The summed E-state index contributed by atoms with van der Waals surface area (Å²) in [7, 11) is 0. The quantitative estimate of drug-likeness (QED) is 0.725. The molecule has 0 aliphatic carbocycles. The lowest BCUT2D eigenvalue weighted by Gasteiger charge is -2.06. The fourth-order valence-corrected chi connectivity index (χ4v) is 2.19. The number of rotatable bonds is 2. The molecule has 2 aromatic rings. The predicted molar refractivity (Wildman–Crippen MR) is 73.7 cm³/mol. The number of benzene rings is 2. The highest BCUT2D eigenvalue weighted by molar-refractivity contribution is 9.10. The number of carbonyl (C=O) groups excluding carboxylic acids is 1. The van der Waals surface area contributed by atoms with Gasteiger partial charge in [-0.05, 0) is 37.3 Å². The minimum Gasteiger partial charge on any atom is -0.288 e. The van der Waals surface area contributed by atoms with E-state index >= 15 is 0 Å². The molecule has 0 N–H and O–H groups in total. The highest BCUT2D eigenvalue weighted by Crippen LogP contribution is 2.25. The second kappa shape index (κ2) is 5.21. The first kappa shape index (κ1) is 13.2. The molecule has 0 bridgehead atoms. The lowest BCUT2D eigenvalue weighted by molar-refractivity contribution is 0.103. The van der Waals surface area contributed by atoms with E-state index in [4.69, 9.17) is 11.6 Å². The summed E-state index contributed by atoms with van der Waals surface area (Å²) in [5, 5.41) is 0.309. The van der Waals surface area contributed by atoms with Gasteiger partial charge >= 0.3 is 0 Å². The summed E-state index contributed by atoms with van der Waals surface area (Å²) in [5.74, 6) is -0.954. The van der Waals surface area contributed by atoms with Crippen molar-refractivity contribution in [2.75, 3.05) is 0 Å². The molecule has 18 heavy (non-hydrogen) atoms. The Morgan fingerprint density at radius 3 is 2.61 bits per heavy atom. The standard InChI is InChI=1S/C14H9BrClFO/c1-8-2-5-13(17)11(6-8)14(18)10-7-9(15)3-4-12(10)16/h2-7H,1H3. The number of ketones is 1. The van der Waals surface area contributed by atoms with E-state index < -0.39 is 11.6 Å². The van der Waals surface area contributed by atoms with Crippen molar-refractivity contribution in [1.82, 2.24) is 0 Å². The third kappa shape index (κ3) is 2.62. The lowest BCUT2D eigenvalue weighted by atomic mass is 10.0. The average Bonchev–Trinajstić information content (AvgIpc) is 2.34. The molecule has 0 saturated heterocycles. The molecule has 0 heterocycles. The number of hydrogen-bond acceptors (Lipinski definition) is 1. The van der Waals surface area contributed by atoms with Gasteiger partial charge in [-0.15, -0.1) is 0 Å². The van der Waals surface area contributed by atoms with Crippen LogP contribution in [0.4, 0.5) is 4.39 Å². The molecular formula is C14H9BrClFO. The van der Waals surface area contributed by atoms with E-state index in [0.717, 1.165) is 10.0 Å². The van der Waals surface area contributed by atoms with Crippen LogP contribution >= 0.6 is 27.5 Å². The number of aryl methyl sites for hydroxylation is 1. The molecule has 4 heteroatoms. The molecule has 0 atom stereocenters. The zero-order valence-electron chi connectivity index (χ0n) is 9.51. The number of halogens is 3. The molecule has 0 radical (unpaired) electrons. The molecule has 1 nitrogen and oxygen atoms in total. The Bertz CT molecular complexity index is 572. The van der Waals surface area contributed by atoms with Gasteiger partial charge in [0.15, 0.2) is 5.78 Å². The summed E-state index contributed by atoms with van der Waals surface area (Å²) in [6.07, 6.45) is 0. The van der Waals surface area contributed by atoms with Gasteiger partial charge in [0.05, 0.1) is 10.6 Å². The fourth-order valence-electron chi connectivity index (χ4n) is 1.63.